The minimum Gasteiger partial charge on any atom is -0.476 e. The number of rotatable bonds is 6. The molecule has 0 saturated heterocycles. The molecule has 3 N–H and O–H groups in total. The summed E-state index contributed by atoms with van der Waals surface area (Å²) in [4.78, 5) is 28.9. The quantitative estimate of drug-likeness (QED) is 0.618. The van der Waals surface area contributed by atoms with Gasteiger partial charge in [-0.15, -0.1) is 5.10 Å². The number of aromatic nitrogens is 5. The summed E-state index contributed by atoms with van der Waals surface area (Å²) < 4.78 is 1.18. The van der Waals surface area contributed by atoms with Crippen molar-refractivity contribution in [1.29, 1.82) is 0 Å². The largest absolute Gasteiger partial charge is 0.476 e. The third kappa shape index (κ3) is 3.63. The molecule has 9 heteroatoms. The van der Waals surface area contributed by atoms with Crippen LogP contribution in [0, 0.1) is 0 Å². The maximum Gasteiger partial charge on any atom is 0.358 e. The lowest BCUT2D eigenvalue weighted by Crippen LogP contribution is -2.29. The second-order valence-electron chi connectivity index (χ2n) is 3.78. The van der Waals surface area contributed by atoms with Crippen molar-refractivity contribution in [1.82, 2.24) is 30.3 Å². The van der Waals surface area contributed by atoms with Gasteiger partial charge in [0, 0.05) is 24.9 Å². The molecule has 0 aliphatic heterocycles. The van der Waals surface area contributed by atoms with E-state index in [-0.39, 0.29) is 18.1 Å². The lowest BCUT2D eigenvalue weighted by molar-refractivity contribution is -0.121. The molecule has 0 bridgehead atoms. The first-order valence-electron chi connectivity index (χ1n) is 5.52. The summed E-state index contributed by atoms with van der Waals surface area (Å²) in [6.45, 7) is 0.394. The molecular weight excluding hydrogens is 252 g/mol. The van der Waals surface area contributed by atoms with Crippen molar-refractivity contribution in [2.45, 2.75) is 13.0 Å². The van der Waals surface area contributed by atoms with Crippen LogP contribution in [0.25, 0.3) is 0 Å². The highest BCUT2D eigenvalue weighted by Gasteiger charge is 2.10. The van der Waals surface area contributed by atoms with Crippen molar-refractivity contribution in [3.05, 3.63) is 30.1 Å². The van der Waals surface area contributed by atoms with Crippen molar-refractivity contribution >= 4 is 11.9 Å². The molecule has 0 unspecified atom stereocenters. The first-order chi connectivity index (χ1) is 9.15. The Morgan fingerprint density at radius 2 is 2.32 bits per heavy atom. The van der Waals surface area contributed by atoms with Crippen LogP contribution in [-0.2, 0) is 17.8 Å². The fourth-order valence-corrected chi connectivity index (χ4v) is 1.43. The molecule has 100 valence electrons. The predicted octanol–water partition coefficient (Wildman–Crippen LogP) is -0.942. The standard InChI is InChI=1S/C10H12N6O3/c17-9(12-2-1-7-3-11-6-13-7)5-16-4-8(10(18)19)14-15-16/h3-4,6H,1-2,5H2,(H,11,13)(H,12,17)(H,18,19). The third-order valence-electron chi connectivity index (χ3n) is 2.33. The molecule has 0 aromatic carbocycles. The van der Waals surface area contributed by atoms with Gasteiger partial charge in [-0.25, -0.2) is 14.5 Å². The van der Waals surface area contributed by atoms with Gasteiger partial charge in [-0.05, 0) is 0 Å². The molecule has 0 radical (unpaired) electrons. The molecule has 1 amide bonds. The number of aromatic carboxylic acids is 1. The highest BCUT2D eigenvalue weighted by Crippen LogP contribution is 1.93. The summed E-state index contributed by atoms with van der Waals surface area (Å²) >= 11 is 0. The fraction of sp³-hybridized carbons (Fsp3) is 0.300. The summed E-state index contributed by atoms with van der Waals surface area (Å²) in [6.07, 6.45) is 5.10. The molecule has 0 saturated carbocycles. The molecule has 0 aliphatic rings. The summed E-state index contributed by atoms with van der Waals surface area (Å²) in [5.74, 6) is -1.44. The lowest BCUT2D eigenvalue weighted by atomic mass is 10.3. The smallest absolute Gasteiger partial charge is 0.358 e. The van der Waals surface area contributed by atoms with Gasteiger partial charge >= 0.3 is 5.97 Å². The fourth-order valence-electron chi connectivity index (χ4n) is 1.43. The van der Waals surface area contributed by atoms with E-state index in [9.17, 15) is 9.59 Å². The van der Waals surface area contributed by atoms with Gasteiger partial charge in [-0.2, -0.15) is 0 Å². The SMILES string of the molecule is O=C(Cn1cc(C(=O)O)nn1)NCCc1cnc[nH]1. The Morgan fingerprint density at radius 3 is 2.95 bits per heavy atom. The minimum absolute atomic E-state index is 0.0662. The molecular formula is C10H12N6O3. The first-order valence-corrected chi connectivity index (χ1v) is 5.52. The van der Waals surface area contributed by atoms with Crippen LogP contribution in [0.3, 0.4) is 0 Å². The Balaban J connectivity index is 1.75. The Hall–Kier alpha value is -2.71. The van der Waals surface area contributed by atoms with E-state index in [0.29, 0.717) is 13.0 Å². The number of nitrogens with zero attached hydrogens (tertiary/aromatic N) is 4. The van der Waals surface area contributed by atoms with E-state index < -0.39 is 5.97 Å². The van der Waals surface area contributed by atoms with E-state index in [4.69, 9.17) is 5.11 Å². The van der Waals surface area contributed by atoms with E-state index in [0.717, 1.165) is 5.69 Å². The lowest BCUT2D eigenvalue weighted by Gasteiger charge is -2.03. The maximum atomic E-state index is 11.5. The summed E-state index contributed by atoms with van der Waals surface area (Å²) in [6, 6.07) is 0. The Morgan fingerprint density at radius 1 is 1.47 bits per heavy atom. The van der Waals surface area contributed by atoms with Crippen molar-refractivity contribution < 1.29 is 14.7 Å². The maximum absolute atomic E-state index is 11.5. The molecule has 19 heavy (non-hydrogen) atoms. The highest BCUT2D eigenvalue weighted by molar-refractivity contribution is 5.84. The topological polar surface area (TPSA) is 126 Å². The summed E-state index contributed by atoms with van der Waals surface area (Å²) in [5, 5.41) is 18.3. The molecule has 0 spiro atoms. The number of aromatic amines is 1. The van der Waals surface area contributed by atoms with E-state index in [1.165, 1.54) is 10.9 Å². The number of H-pyrrole nitrogens is 1. The number of carboxylic acids is 1. The highest BCUT2D eigenvalue weighted by atomic mass is 16.4. The number of imidazole rings is 1. The van der Waals surface area contributed by atoms with Crippen LogP contribution in [0.1, 0.15) is 16.2 Å². The normalized spacial score (nSPS) is 10.3. The summed E-state index contributed by atoms with van der Waals surface area (Å²) in [5.41, 5.74) is 0.736. The van der Waals surface area contributed by atoms with Crippen LogP contribution in [0.2, 0.25) is 0 Å². The van der Waals surface area contributed by atoms with Crippen LogP contribution in [0.4, 0.5) is 0 Å². The van der Waals surface area contributed by atoms with Crippen LogP contribution in [-0.4, -0.2) is 48.5 Å². The molecule has 0 atom stereocenters. The zero-order valence-electron chi connectivity index (χ0n) is 9.91. The number of carbonyl (C=O) groups excluding carboxylic acids is 1. The molecule has 2 heterocycles. The van der Waals surface area contributed by atoms with Gasteiger partial charge in [0.05, 0.1) is 12.5 Å². The molecule has 9 nitrogen and oxygen atoms in total. The van der Waals surface area contributed by atoms with Gasteiger partial charge in [0.15, 0.2) is 5.69 Å². The molecule has 0 fully saturated rings. The molecule has 2 aromatic heterocycles. The van der Waals surface area contributed by atoms with Gasteiger partial charge in [-0.1, -0.05) is 5.21 Å². The van der Waals surface area contributed by atoms with Gasteiger partial charge in [0.25, 0.3) is 0 Å². The van der Waals surface area contributed by atoms with Crippen molar-refractivity contribution in [3.63, 3.8) is 0 Å². The van der Waals surface area contributed by atoms with Crippen molar-refractivity contribution in [2.24, 2.45) is 0 Å². The number of hydrogen-bond acceptors (Lipinski definition) is 5. The molecule has 2 aromatic rings. The van der Waals surface area contributed by atoms with Crippen LogP contribution >= 0.6 is 0 Å². The van der Waals surface area contributed by atoms with Crippen LogP contribution in [0.15, 0.2) is 18.7 Å². The minimum atomic E-state index is -1.18. The molecule has 2 rings (SSSR count). The van der Waals surface area contributed by atoms with Gasteiger partial charge in [0.1, 0.15) is 6.54 Å². The molecule has 0 aliphatic carbocycles. The monoisotopic (exact) mass is 264 g/mol. The average molecular weight is 264 g/mol. The van der Waals surface area contributed by atoms with E-state index in [2.05, 4.69) is 25.6 Å². The predicted molar refractivity (Wildman–Crippen MR) is 62.3 cm³/mol. The van der Waals surface area contributed by atoms with Crippen molar-refractivity contribution in [2.75, 3.05) is 6.54 Å². The number of hydrogen-bond donors (Lipinski definition) is 3. The Kier molecular flexibility index (Phi) is 3.86. The zero-order chi connectivity index (χ0) is 13.7. The zero-order valence-corrected chi connectivity index (χ0v) is 9.91. The number of carboxylic acid groups (broad SMARTS) is 1. The second-order valence-corrected chi connectivity index (χ2v) is 3.78. The van der Waals surface area contributed by atoms with Crippen LogP contribution < -0.4 is 5.32 Å². The average Bonchev–Trinajstić information content (AvgIpc) is 3.00. The third-order valence-corrected chi connectivity index (χ3v) is 2.33. The van der Waals surface area contributed by atoms with E-state index >= 15 is 0 Å². The number of amides is 1. The number of nitrogens with one attached hydrogen (secondary N) is 2. The van der Waals surface area contributed by atoms with Gasteiger partial charge < -0.3 is 15.4 Å². The Bertz CT molecular complexity index is 562. The van der Waals surface area contributed by atoms with E-state index in [1.54, 1.807) is 12.5 Å². The first kappa shape index (κ1) is 12.7. The van der Waals surface area contributed by atoms with E-state index in [1.807, 2.05) is 0 Å². The second kappa shape index (κ2) is 5.76. The summed E-state index contributed by atoms with van der Waals surface area (Å²) in [7, 11) is 0. The Labute approximate surface area is 107 Å². The van der Waals surface area contributed by atoms with Gasteiger partial charge in [0.2, 0.25) is 5.91 Å². The van der Waals surface area contributed by atoms with Crippen molar-refractivity contribution in [3.8, 4) is 0 Å². The van der Waals surface area contributed by atoms with Gasteiger partial charge in [-0.3, -0.25) is 4.79 Å². The number of carbonyl (C=O) groups is 2. The van der Waals surface area contributed by atoms with Crippen LogP contribution in [0.5, 0.6) is 0 Å².